The SMILES string of the molecule is OC1=COCC=N1. The first kappa shape index (κ1) is 4.18. The molecule has 38 valence electrons. The predicted molar refractivity (Wildman–Crippen MR) is 25.2 cm³/mol. The molecule has 0 saturated carbocycles. The molecule has 7 heavy (non-hydrogen) atoms. The highest BCUT2D eigenvalue weighted by Gasteiger charge is 1.90. The van der Waals surface area contributed by atoms with E-state index in [0.717, 1.165) is 0 Å². The molecule has 1 rings (SSSR count). The van der Waals surface area contributed by atoms with Crippen molar-refractivity contribution in [3.05, 3.63) is 12.1 Å². The summed E-state index contributed by atoms with van der Waals surface area (Å²) in [5.41, 5.74) is 0. The summed E-state index contributed by atoms with van der Waals surface area (Å²) < 4.78 is 4.62. The Kier molecular flexibility index (Phi) is 0.978. The normalized spacial score (nSPS) is 18.0. The topological polar surface area (TPSA) is 41.8 Å². The molecule has 0 saturated heterocycles. The van der Waals surface area contributed by atoms with Gasteiger partial charge in [-0.3, -0.25) is 0 Å². The Bertz CT molecular complexity index is 117. The van der Waals surface area contributed by atoms with Crippen LogP contribution in [0.1, 0.15) is 0 Å². The largest absolute Gasteiger partial charge is 0.491 e. The third kappa shape index (κ3) is 0.924. The van der Waals surface area contributed by atoms with E-state index in [2.05, 4.69) is 9.73 Å². The predicted octanol–water partition coefficient (Wildman–Crippen LogP) is 0.444. The Morgan fingerprint density at radius 2 is 2.71 bits per heavy atom. The average molecular weight is 99.1 g/mol. The van der Waals surface area contributed by atoms with Crippen molar-refractivity contribution < 1.29 is 9.84 Å². The van der Waals surface area contributed by atoms with Crippen LogP contribution in [0.5, 0.6) is 0 Å². The summed E-state index contributed by atoms with van der Waals surface area (Å²) in [6.45, 7) is 0.462. The lowest BCUT2D eigenvalue weighted by Crippen LogP contribution is -1.95. The molecule has 1 aliphatic heterocycles. The Labute approximate surface area is 40.9 Å². The number of hydrogen-bond donors (Lipinski definition) is 1. The van der Waals surface area contributed by atoms with Crippen LogP contribution in [-0.2, 0) is 4.74 Å². The first-order chi connectivity index (χ1) is 3.39. The van der Waals surface area contributed by atoms with Crippen LogP contribution in [0.25, 0.3) is 0 Å². The summed E-state index contributed by atoms with van der Waals surface area (Å²) in [6, 6.07) is 0. The van der Waals surface area contributed by atoms with Gasteiger partial charge in [0.05, 0.1) is 0 Å². The Morgan fingerprint density at radius 1 is 1.86 bits per heavy atom. The van der Waals surface area contributed by atoms with Gasteiger partial charge < -0.3 is 9.84 Å². The third-order valence-corrected chi connectivity index (χ3v) is 0.583. The maximum Gasteiger partial charge on any atom is 0.246 e. The number of ether oxygens (including phenoxy) is 1. The summed E-state index contributed by atoms with van der Waals surface area (Å²) in [7, 11) is 0. The highest BCUT2D eigenvalue weighted by molar-refractivity contribution is 5.60. The molecule has 0 radical (unpaired) electrons. The van der Waals surface area contributed by atoms with E-state index in [1.54, 1.807) is 0 Å². The molecule has 3 heteroatoms. The van der Waals surface area contributed by atoms with Crippen molar-refractivity contribution in [2.24, 2.45) is 4.99 Å². The molecule has 0 aromatic rings. The summed E-state index contributed by atoms with van der Waals surface area (Å²) >= 11 is 0. The molecule has 1 heterocycles. The van der Waals surface area contributed by atoms with Gasteiger partial charge in [-0.1, -0.05) is 0 Å². The third-order valence-electron chi connectivity index (χ3n) is 0.583. The van der Waals surface area contributed by atoms with E-state index in [9.17, 15) is 0 Å². The molecule has 0 unspecified atom stereocenters. The van der Waals surface area contributed by atoms with Crippen LogP contribution in [0, 0.1) is 0 Å². The first-order valence-electron chi connectivity index (χ1n) is 1.93. The van der Waals surface area contributed by atoms with Crippen molar-refractivity contribution in [3.8, 4) is 0 Å². The lowest BCUT2D eigenvalue weighted by atomic mass is 10.7. The molecule has 0 amide bonds. The first-order valence-corrected chi connectivity index (χ1v) is 1.93. The smallest absolute Gasteiger partial charge is 0.246 e. The van der Waals surface area contributed by atoms with Gasteiger partial charge in [0.25, 0.3) is 0 Å². The minimum absolute atomic E-state index is 0.0637. The van der Waals surface area contributed by atoms with Crippen LogP contribution < -0.4 is 0 Å². The molecule has 0 aromatic carbocycles. The highest BCUT2D eigenvalue weighted by atomic mass is 16.5. The Morgan fingerprint density at radius 3 is 3.00 bits per heavy atom. The van der Waals surface area contributed by atoms with E-state index in [-0.39, 0.29) is 5.88 Å². The fourth-order valence-electron chi connectivity index (χ4n) is 0.327. The number of aliphatic hydroxyl groups is 1. The molecular weight excluding hydrogens is 94.0 g/mol. The summed E-state index contributed by atoms with van der Waals surface area (Å²) in [5, 5.41) is 8.45. The van der Waals surface area contributed by atoms with Crippen LogP contribution in [0.3, 0.4) is 0 Å². The van der Waals surface area contributed by atoms with E-state index in [1.165, 1.54) is 12.5 Å². The molecule has 0 fully saturated rings. The van der Waals surface area contributed by atoms with Gasteiger partial charge in [0.15, 0.2) is 0 Å². The van der Waals surface area contributed by atoms with Crippen molar-refractivity contribution in [1.29, 1.82) is 0 Å². The fourth-order valence-corrected chi connectivity index (χ4v) is 0.327. The van der Waals surface area contributed by atoms with Gasteiger partial charge in [-0.25, -0.2) is 4.99 Å². The van der Waals surface area contributed by atoms with Crippen molar-refractivity contribution in [1.82, 2.24) is 0 Å². The molecule has 0 aliphatic carbocycles. The maximum atomic E-state index is 8.45. The maximum absolute atomic E-state index is 8.45. The average Bonchev–Trinajstić information content (AvgIpc) is 1.69. The molecule has 1 aliphatic rings. The van der Waals surface area contributed by atoms with Crippen LogP contribution in [0.4, 0.5) is 0 Å². The van der Waals surface area contributed by atoms with Gasteiger partial charge in [0.2, 0.25) is 5.88 Å². The molecule has 3 nitrogen and oxygen atoms in total. The summed E-state index contributed by atoms with van der Waals surface area (Å²) in [5.74, 6) is -0.0637. The molecule has 0 spiro atoms. The number of aliphatic imine (C=N–C) groups is 1. The van der Waals surface area contributed by atoms with Crippen LogP contribution in [-0.4, -0.2) is 17.9 Å². The van der Waals surface area contributed by atoms with Gasteiger partial charge in [-0.2, -0.15) is 0 Å². The van der Waals surface area contributed by atoms with Crippen LogP contribution in [0.15, 0.2) is 17.1 Å². The van der Waals surface area contributed by atoms with E-state index in [4.69, 9.17) is 5.11 Å². The number of aliphatic hydroxyl groups excluding tert-OH is 1. The minimum Gasteiger partial charge on any atom is -0.491 e. The van der Waals surface area contributed by atoms with Crippen molar-refractivity contribution in [3.63, 3.8) is 0 Å². The summed E-state index contributed by atoms with van der Waals surface area (Å²) in [4.78, 5) is 3.50. The zero-order valence-electron chi connectivity index (χ0n) is 3.66. The Balaban J connectivity index is 2.58. The lowest BCUT2D eigenvalue weighted by molar-refractivity contribution is 0.262. The van der Waals surface area contributed by atoms with Crippen molar-refractivity contribution in [2.75, 3.05) is 6.61 Å². The molecular formula is C4H5NO2. The van der Waals surface area contributed by atoms with Crippen molar-refractivity contribution >= 4 is 6.21 Å². The number of nitrogens with zero attached hydrogens (tertiary/aromatic N) is 1. The second-order valence-electron chi connectivity index (χ2n) is 1.12. The van der Waals surface area contributed by atoms with Gasteiger partial charge in [0, 0.05) is 6.21 Å². The van der Waals surface area contributed by atoms with Gasteiger partial charge in [-0.15, -0.1) is 0 Å². The van der Waals surface area contributed by atoms with E-state index < -0.39 is 0 Å². The van der Waals surface area contributed by atoms with Crippen molar-refractivity contribution in [2.45, 2.75) is 0 Å². The highest BCUT2D eigenvalue weighted by Crippen LogP contribution is 1.93. The van der Waals surface area contributed by atoms with Gasteiger partial charge in [-0.05, 0) is 0 Å². The van der Waals surface area contributed by atoms with Crippen LogP contribution >= 0.6 is 0 Å². The molecule has 1 N–H and O–H groups in total. The standard InChI is InChI=1S/C4H5NO2/c6-4-3-7-2-1-5-4/h1,3,6H,2H2. The van der Waals surface area contributed by atoms with E-state index in [1.807, 2.05) is 0 Å². The zero-order valence-corrected chi connectivity index (χ0v) is 3.66. The second kappa shape index (κ2) is 1.64. The van der Waals surface area contributed by atoms with Gasteiger partial charge >= 0.3 is 0 Å². The number of rotatable bonds is 0. The monoisotopic (exact) mass is 99.0 g/mol. The zero-order chi connectivity index (χ0) is 5.11. The number of hydrogen-bond acceptors (Lipinski definition) is 3. The second-order valence-corrected chi connectivity index (χ2v) is 1.12. The molecule has 0 atom stereocenters. The Hall–Kier alpha value is -0.990. The van der Waals surface area contributed by atoms with E-state index >= 15 is 0 Å². The quantitative estimate of drug-likeness (QED) is 0.479. The van der Waals surface area contributed by atoms with Gasteiger partial charge in [0.1, 0.15) is 12.9 Å². The fraction of sp³-hybridized carbons (Fsp3) is 0.250. The minimum atomic E-state index is -0.0637. The lowest BCUT2D eigenvalue weighted by Gasteiger charge is -1.98. The van der Waals surface area contributed by atoms with Crippen LogP contribution in [0.2, 0.25) is 0 Å². The molecule has 0 aromatic heterocycles. The van der Waals surface area contributed by atoms with E-state index in [0.29, 0.717) is 6.61 Å². The summed E-state index contributed by atoms with van der Waals surface area (Å²) in [6.07, 6.45) is 2.70. The molecule has 0 bridgehead atoms.